The summed E-state index contributed by atoms with van der Waals surface area (Å²) in [6.45, 7) is 7.01. The maximum absolute atomic E-state index is 6.11. The summed E-state index contributed by atoms with van der Waals surface area (Å²) in [5.41, 5.74) is 8.96. The van der Waals surface area contributed by atoms with Crippen molar-refractivity contribution >= 4 is 28.4 Å². The highest BCUT2D eigenvalue weighted by Crippen LogP contribution is 2.30. The quantitative estimate of drug-likeness (QED) is 0.799. The molecule has 0 aromatic carbocycles. The predicted molar refractivity (Wildman–Crippen MR) is 78.5 cm³/mol. The Kier molecular flexibility index (Phi) is 2.82. The lowest BCUT2D eigenvalue weighted by molar-refractivity contribution is 0.612. The molecule has 3 rings (SSSR count). The molecule has 0 aliphatic carbocycles. The van der Waals surface area contributed by atoms with Gasteiger partial charge in [-0.1, -0.05) is 6.07 Å². The molecule has 0 spiro atoms. The normalized spacial score (nSPS) is 13.2. The van der Waals surface area contributed by atoms with Gasteiger partial charge in [0.25, 0.3) is 0 Å². The van der Waals surface area contributed by atoms with Crippen LogP contribution < -0.4 is 5.73 Å². The number of hydrogen-bond acceptors (Lipinski definition) is 4. The van der Waals surface area contributed by atoms with E-state index in [1.54, 1.807) is 11.3 Å². The third-order valence-corrected chi connectivity index (χ3v) is 4.46. The number of nitrogen functional groups attached to an aromatic ring is 1. The summed E-state index contributed by atoms with van der Waals surface area (Å²) in [5.74, 6) is 0.554. The molecule has 0 aliphatic rings. The SMILES string of the molecule is CCn1nc(C)c2nc(N)n(C(C)c3cccs3)c21. The van der Waals surface area contributed by atoms with Crippen LogP contribution >= 0.6 is 11.3 Å². The Morgan fingerprint density at radius 1 is 1.47 bits per heavy atom. The summed E-state index contributed by atoms with van der Waals surface area (Å²) < 4.78 is 4.04. The second-order valence-electron chi connectivity index (χ2n) is 4.60. The minimum absolute atomic E-state index is 0.173. The first kappa shape index (κ1) is 12.2. The molecule has 0 fully saturated rings. The second kappa shape index (κ2) is 4.38. The molecule has 0 amide bonds. The van der Waals surface area contributed by atoms with Crippen LogP contribution in [0, 0.1) is 6.92 Å². The molecule has 0 bridgehead atoms. The number of aromatic nitrogens is 4. The Morgan fingerprint density at radius 3 is 2.89 bits per heavy atom. The van der Waals surface area contributed by atoms with E-state index in [0.29, 0.717) is 5.95 Å². The molecule has 0 saturated heterocycles. The molecular formula is C13H17N5S. The third-order valence-electron chi connectivity index (χ3n) is 3.41. The van der Waals surface area contributed by atoms with Crippen molar-refractivity contribution in [1.29, 1.82) is 0 Å². The number of rotatable bonds is 3. The van der Waals surface area contributed by atoms with Gasteiger partial charge < -0.3 is 5.73 Å². The van der Waals surface area contributed by atoms with Gasteiger partial charge in [-0.25, -0.2) is 9.67 Å². The van der Waals surface area contributed by atoms with Gasteiger partial charge in [-0.05, 0) is 32.2 Å². The molecule has 3 aromatic rings. The monoisotopic (exact) mass is 275 g/mol. The number of thiophene rings is 1. The highest BCUT2D eigenvalue weighted by molar-refractivity contribution is 7.10. The summed E-state index contributed by atoms with van der Waals surface area (Å²) in [7, 11) is 0. The van der Waals surface area contributed by atoms with Crippen LogP contribution in [0.15, 0.2) is 17.5 Å². The minimum Gasteiger partial charge on any atom is -0.369 e. The van der Waals surface area contributed by atoms with Crippen LogP contribution in [0.4, 0.5) is 5.95 Å². The maximum Gasteiger partial charge on any atom is 0.203 e. The lowest BCUT2D eigenvalue weighted by Gasteiger charge is -2.15. The summed E-state index contributed by atoms with van der Waals surface area (Å²) >= 11 is 1.73. The Bertz CT molecular complexity index is 707. The topological polar surface area (TPSA) is 61.7 Å². The molecule has 1 atom stereocenters. The van der Waals surface area contributed by atoms with Crippen LogP contribution in [0.5, 0.6) is 0 Å². The molecule has 3 heterocycles. The maximum atomic E-state index is 6.11. The van der Waals surface area contributed by atoms with E-state index < -0.39 is 0 Å². The van der Waals surface area contributed by atoms with Gasteiger partial charge in [-0.15, -0.1) is 11.3 Å². The van der Waals surface area contributed by atoms with Crippen molar-refractivity contribution in [2.75, 3.05) is 5.73 Å². The predicted octanol–water partition coefficient (Wildman–Crippen LogP) is 2.81. The molecule has 0 saturated carbocycles. The number of anilines is 1. The smallest absolute Gasteiger partial charge is 0.203 e. The summed E-state index contributed by atoms with van der Waals surface area (Å²) in [6, 6.07) is 4.36. The zero-order chi connectivity index (χ0) is 13.6. The van der Waals surface area contributed by atoms with Gasteiger partial charge in [0.2, 0.25) is 5.95 Å². The molecule has 100 valence electrons. The van der Waals surface area contributed by atoms with Crippen LogP contribution in [0.3, 0.4) is 0 Å². The van der Waals surface area contributed by atoms with Crippen LogP contribution in [0.1, 0.15) is 30.5 Å². The van der Waals surface area contributed by atoms with Gasteiger partial charge in [-0.2, -0.15) is 5.10 Å². The van der Waals surface area contributed by atoms with Crippen molar-refractivity contribution < 1.29 is 0 Å². The number of imidazole rings is 1. The minimum atomic E-state index is 0.173. The molecule has 1 unspecified atom stereocenters. The lowest BCUT2D eigenvalue weighted by atomic mass is 10.2. The highest BCUT2D eigenvalue weighted by Gasteiger charge is 2.21. The average molecular weight is 275 g/mol. The molecule has 6 heteroatoms. The lowest BCUT2D eigenvalue weighted by Crippen LogP contribution is -2.12. The van der Waals surface area contributed by atoms with E-state index in [0.717, 1.165) is 23.4 Å². The van der Waals surface area contributed by atoms with Crippen LogP contribution in [0.2, 0.25) is 0 Å². The first-order valence-corrected chi connectivity index (χ1v) is 7.25. The number of hydrogen-bond donors (Lipinski definition) is 1. The zero-order valence-electron chi connectivity index (χ0n) is 11.3. The Morgan fingerprint density at radius 2 is 2.26 bits per heavy atom. The van der Waals surface area contributed by atoms with Crippen molar-refractivity contribution in [3.05, 3.63) is 28.1 Å². The first-order valence-electron chi connectivity index (χ1n) is 6.37. The molecule has 5 nitrogen and oxygen atoms in total. The van der Waals surface area contributed by atoms with E-state index in [1.165, 1.54) is 4.88 Å². The van der Waals surface area contributed by atoms with Crippen molar-refractivity contribution in [1.82, 2.24) is 19.3 Å². The molecular weight excluding hydrogens is 258 g/mol. The van der Waals surface area contributed by atoms with Gasteiger partial charge in [0, 0.05) is 11.4 Å². The van der Waals surface area contributed by atoms with Crippen LogP contribution in [-0.2, 0) is 6.54 Å². The number of fused-ring (bicyclic) bond motifs is 1. The van der Waals surface area contributed by atoms with Gasteiger partial charge in [0.1, 0.15) is 5.52 Å². The van der Waals surface area contributed by atoms with Crippen molar-refractivity contribution in [3.63, 3.8) is 0 Å². The van der Waals surface area contributed by atoms with Crippen LogP contribution in [-0.4, -0.2) is 19.3 Å². The van der Waals surface area contributed by atoms with E-state index in [1.807, 2.05) is 11.6 Å². The summed E-state index contributed by atoms with van der Waals surface area (Å²) in [6.07, 6.45) is 0. The number of nitrogens with zero attached hydrogens (tertiary/aromatic N) is 4. The fraction of sp³-hybridized carbons (Fsp3) is 0.385. The highest BCUT2D eigenvalue weighted by atomic mass is 32.1. The third kappa shape index (κ3) is 1.74. The Hall–Kier alpha value is -1.82. The van der Waals surface area contributed by atoms with Gasteiger partial charge >= 0.3 is 0 Å². The number of aryl methyl sites for hydroxylation is 2. The second-order valence-corrected chi connectivity index (χ2v) is 5.58. The first-order chi connectivity index (χ1) is 9.13. The number of nitrogens with two attached hydrogens (primary N) is 1. The van der Waals surface area contributed by atoms with E-state index in [2.05, 4.69) is 46.0 Å². The standard InChI is InChI=1S/C13H17N5S/c1-4-17-12-11(8(2)16-17)15-13(14)18(12)9(3)10-6-5-7-19-10/h5-7,9H,4H2,1-3H3,(H2,14,15). The van der Waals surface area contributed by atoms with Gasteiger partial charge in [0.15, 0.2) is 5.65 Å². The van der Waals surface area contributed by atoms with Crippen molar-refractivity contribution in [2.45, 2.75) is 33.4 Å². The van der Waals surface area contributed by atoms with Gasteiger partial charge in [0.05, 0.1) is 11.7 Å². The van der Waals surface area contributed by atoms with Gasteiger partial charge in [-0.3, -0.25) is 4.57 Å². The average Bonchev–Trinajstić information content (AvgIpc) is 3.06. The van der Waals surface area contributed by atoms with Crippen LogP contribution in [0.25, 0.3) is 11.2 Å². The Balaban J connectivity index is 2.25. The Labute approximate surface area is 115 Å². The molecule has 3 aromatic heterocycles. The van der Waals surface area contributed by atoms with Crippen molar-refractivity contribution in [2.24, 2.45) is 0 Å². The molecule has 19 heavy (non-hydrogen) atoms. The van der Waals surface area contributed by atoms with Crippen molar-refractivity contribution in [3.8, 4) is 0 Å². The fourth-order valence-corrected chi connectivity index (χ4v) is 3.24. The van der Waals surface area contributed by atoms with E-state index in [4.69, 9.17) is 5.73 Å². The van der Waals surface area contributed by atoms with E-state index in [-0.39, 0.29) is 6.04 Å². The molecule has 0 aliphatic heterocycles. The summed E-state index contributed by atoms with van der Waals surface area (Å²) in [5, 5.41) is 6.60. The molecule has 0 radical (unpaired) electrons. The largest absolute Gasteiger partial charge is 0.369 e. The van der Waals surface area contributed by atoms with E-state index in [9.17, 15) is 0 Å². The summed E-state index contributed by atoms with van der Waals surface area (Å²) in [4.78, 5) is 5.75. The molecule has 2 N–H and O–H groups in total. The fourth-order valence-electron chi connectivity index (χ4n) is 2.46. The van der Waals surface area contributed by atoms with E-state index >= 15 is 0 Å². The zero-order valence-corrected chi connectivity index (χ0v) is 12.1.